The first-order valence-electron chi connectivity index (χ1n) is 10.6. The summed E-state index contributed by atoms with van der Waals surface area (Å²) in [6, 6.07) is 7.10. The van der Waals surface area contributed by atoms with Gasteiger partial charge in [-0.25, -0.2) is 4.98 Å². The van der Waals surface area contributed by atoms with Gasteiger partial charge in [0.2, 0.25) is 17.7 Å². The number of anilines is 2. The molecule has 1 saturated carbocycles. The lowest BCUT2D eigenvalue weighted by atomic mass is 9.85. The van der Waals surface area contributed by atoms with E-state index in [1.165, 1.54) is 11.3 Å². The Hall–Kier alpha value is -2.45. The second-order valence-corrected chi connectivity index (χ2v) is 9.92. The van der Waals surface area contributed by atoms with Crippen molar-refractivity contribution >= 4 is 51.5 Å². The monoisotopic (exact) mass is 458 g/mol. The number of benzene rings is 1. The molecule has 9 heteroatoms. The minimum atomic E-state index is -0.351. The molecule has 7 nitrogen and oxygen atoms in total. The zero-order valence-electron chi connectivity index (χ0n) is 17.0. The number of aromatic nitrogens is 1. The first-order chi connectivity index (χ1) is 15.0. The molecule has 5 rings (SSSR count). The number of fused-ring (bicyclic) bond motifs is 1. The highest BCUT2D eigenvalue weighted by molar-refractivity contribution is 7.15. The lowest BCUT2D eigenvalue weighted by Crippen LogP contribution is -2.40. The maximum absolute atomic E-state index is 13.1. The number of rotatable bonds is 4. The molecule has 1 saturated heterocycles. The molecule has 162 valence electrons. The van der Waals surface area contributed by atoms with Crippen LogP contribution in [0.3, 0.4) is 0 Å². The number of carbonyl (C=O) groups excluding carboxylic acids is 3. The van der Waals surface area contributed by atoms with Gasteiger partial charge in [0.05, 0.1) is 18.2 Å². The second kappa shape index (κ2) is 8.24. The summed E-state index contributed by atoms with van der Waals surface area (Å²) in [6.07, 6.45) is 3.90. The molecule has 0 spiro atoms. The Balaban J connectivity index is 1.23. The summed E-state index contributed by atoms with van der Waals surface area (Å²) in [5.41, 5.74) is 1.73. The fraction of sp³-hybridized carbons (Fsp3) is 0.455. The summed E-state index contributed by atoms with van der Waals surface area (Å²) in [7, 11) is 0. The van der Waals surface area contributed by atoms with Gasteiger partial charge >= 0.3 is 0 Å². The van der Waals surface area contributed by atoms with E-state index >= 15 is 0 Å². The SMILES string of the molecule is O=C(Nc1nc2c(s1)CN(C(=O)C1CC(=O)N(c3ccc(Cl)cc3)C1)CC2)C1CCC1. The highest BCUT2D eigenvalue weighted by atomic mass is 35.5. The van der Waals surface area contributed by atoms with Crippen LogP contribution in [0.1, 0.15) is 36.3 Å². The van der Waals surface area contributed by atoms with Gasteiger partial charge in [-0.15, -0.1) is 0 Å². The molecule has 3 heterocycles. The molecule has 1 aromatic carbocycles. The Bertz CT molecular complexity index is 1030. The molecule has 2 aliphatic heterocycles. The Morgan fingerprint density at radius 3 is 2.65 bits per heavy atom. The first kappa shape index (κ1) is 20.5. The Labute approximate surface area is 189 Å². The molecule has 1 atom stereocenters. The van der Waals surface area contributed by atoms with Gasteiger partial charge in [0, 0.05) is 47.4 Å². The van der Waals surface area contributed by atoms with Crippen LogP contribution in [0.15, 0.2) is 24.3 Å². The molecule has 2 fully saturated rings. The third-order valence-corrected chi connectivity index (χ3v) is 7.61. The van der Waals surface area contributed by atoms with Gasteiger partial charge in [0.15, 0.2) is 5.13 Å². The zero-order valence-corrected chi connectivity index (χ0v) is 18.5. The van der Waals surface area contributed by atoms with Gasteiger partial charge in [0.25, 0.3) is 0 Å². The van der Waals surface area contributed by atoms with Crippen molar-refractivity contribution in [2.45, 2.75) is 38.6 Å². The number of carbonyl (C=O) groups is 3. The minimum Gasteiger partial charge on any atom is -0.337 e. The van der Waals surface area contributed by atoms with Crippen molar-refractivity contribution in [3.63, 3.8) is 0 Å². The molecule has 0 radical (unpaired) electrons. The van der Waals surface area contributed by atoms with E-state index in [4.69, 9.17) is 11.6 Å². The summed E-state index contributed by atoms with van der Waals surface area (Å²) in [5, 5.41) is 4.18. The van der Waals surface area contributed by atoms with Crippen LogP contribution in [0, 0.1) is 11.8 Å². The highest BCUT2D eigenvalue weighted by Gasteiger charge is 2.38. The van der Waals surface area contributed by atoms with E-state index < -0.39 is 0 Å². The summed E-state index contributed by atoms with van der Waals surface area (Å²) >= 11 is 7.39. The lowest BCUT2D eigenvalue weighted by Gasteiger charge is -2.28. The minimum absolute atomic E-state index is 0.00363. The fourth-order valence-electron chi connectivity index (χ4n) is 4.32. The number of halogens is 1. The van der Waals surface area contributed by atoms with Crippen LogP contribution in [0.5, 0.6) is 0 Å². The molecule has 1 N–H and O–H groups in total. The number of hydrogen-bond acceptors (Lipinski definition) is 5. The van der Waals surface area contributed by atoms with Gasteiger partial charge in [-0.1, -0.05) is 29.4 Å². The fourth-order valence-corrected chi connectivity index (χ4v) is 5.47. The van der Waals surface area contributed by atoms with E-state index in [9.17, 15) is 14.4 Å². The predicted octanol–water partition coefficient (Wildman–Crippen LogP) is 3.47. The molecular weight excluding hydrogens is 436 g/mol. The van der Waals surface area contributed by atoms with Crippen molar-refractivity contribution in [3.8, 4) is 0 Å². The van der Waals surface area contributed by atoms with Crippen molar-refractivity contribution in [1.82, 2.24) is 9.88 Å². The highest BCUT2D eigenvalue weighted by Crippen LogP contribution is 2.33. The number of amides is 3. The lowest BCUT2D eigenvalue weighted by molar-refractivity contribution is -0.136. The first-order valence-corrected chi connectivity index (χ1v) is 11.8. The van der Waals surface area contributed by atoms with Gasteiger partial charge in [-0.05, 0) is 37.1 Å². The average Bonchev–Trinajstić information content (AvgIpc) is 3.28. The van der Waals surface area contributed by atoms with Gasteiger partial charge in [-0.3, -0.25) is 14.4 Å². The van der Waals surface area contributed by atoms with Crippen LogP contribution in [0.4, 0.5) is 10.8 Å². The van der Waals surface area contributed by atoms with Crippen molar-refractivity contribution in [3.05, 3.63) is 39.9 Å². The van der Waals surface area contributed by atoms with Crippen LogP contribution in [-0.4, -0.2) is 40.7 Å². The molecular formula is C22H23ClN4O3S. The standard InChI is InChI=1S/C22H23ClN4O3S/c23-15-4-6-16(7-5-15)27-11-14(10-19(27)28)21(30)26-9-8-17-18(12-26)31-22(24-17)25-20(29)13-2-1-3-13/h4-7,13-14H,1-3,8-12H2,(H,24,25,29). The molecule has 1 aliphatic carbocycles. The van der Waals surface area contributed by atoms with Crippen LogP contribution in [-0.2, 0) is 27.3 Å². The van der Waals surface area contributed by atoms with Crippen molar-refractivity contribution in [1.29, 1.82) is 0 Å². The van der Waals surface area contributed by atoms with Gasteiger partial charge in [0.1, 0.15) is 0 Å². The topological polar surface area (TPSA) is 82.6 Å². The van der Waals surface area contributed by atoms with Crippen molar-refractivity contribution < 1.29 is 14.4 Å². The second-order valence-electron chi connectivity index (χ2n) is 8.40. The normalized spacial score (nSPS) is 21.1. The molecule has 1 unspecified atom stereocenters. The van der Waals surface area contributed by atoms with Crippen LogP contribution in [0.25, 0.3) is 0 Å². The Kier molecular flexibility index (Phi) is 5.44. The largest absolute Gasteiger partial charge is 0.337 e. The van der Waals surface area contributed by atoms with Crippen molar-refractivity contribution in [2.75, 3.05) is 23.3 Å². The Morgan fingerprint density at radius 2 is 1.94 bits per heavy atom. The zero-order chi connectivity index (χ0) is 21.5. The van der Waals surface area contributed by atoms with Crippen LogP contribution < -0.4 is 10.2 Å². The smallest absolute Gasteiger partial charge is 0.229 e. The van der Waals surface area contributed by atoms with Gasteiger partial charge < -0.3 is 15.1 Å². The Morgan fingerprint density at radius 1 is 1.16 bits per heavy atom. The van der Waals surface area contributed by atoms with E-state index in [-0.39, 0.29) is 36.0 Å². The quantitative estimate of drug-likeness (QED) is 0.760. The number of thiazole rings is 1. The van der Waals surface area contributed by atoms with Crippen LogP contribution in [0.2, 0.25) is 5.02 Å². The number of nitrogens with zero attached hydrogens (tertiary/aromatic N) is 3. The summed E-state index contributed by atoms with van der Waals surface area (Å²) < 4.78 is 0. The summed E-state index contributed by atoms with van der Waals surface area (Å²) in [6.45, 7) is 1.45. The maximum Gasteiger partial charge on any atom is 0.229 e. The molecule has 31 heavy (non-hydrogen) atoms. The van der Waals surface area contributed by atoms with Crippen molar-refractivity contribution in [2.24, 2.45) is 11.8 Å². The third-order valence-electron chi connectivity index (χ3n) is 6.36. The van der Waals surface area contributed by atoms with E-state index in [2.05, 4.69) is 10.3 Å². The predicted molar refractivity (Wildman–Crippen MR) is 119 cm³/mol. The average molecular weight is 459 g/mol. The maximum atomic E-state index is 13.1. The van der Waals surface area contributed by atoms with Gasteiger partial charge in [-0.2, -0.15) is 0 Å². The number of hydrogen-bond donors (Lipinski definition) is 1. The number of nitrogens with one attached hydrogen (secondary N) is 1. The summed E-state index contributed by atoms with van der Waals surface area (Å²) in [4.78, 5) is 46.9. The van der Waals surface area contributed by atoms with Crippen LogP contribution >= 0.6 is 22.9 Å². The summed E-state index contributed by atoms with van der Waals surface area (Å²) in [5.74, 6) is -0.226. The molecule has 3 amide bonds. The molecule has 3 aliphatic rings. The molecule has 0 bridgehead atoms. The van der Waals surface area contributed by atoms with E-state index in [1.54, 1.807) is 29.2 Å². The molecule has 1 aromatic heterocycles. The van der Waals surface area contributed by atoms with E-state index in [0.717, 1.165) is 35.5 Å². The van der Waals surface area contributed by atoms with E-state index in [0.29, 0.717) is 36.2 Å². The van der Waals surface area contributed by atoms with E-state index in [1.807, 2.05) is 4.90 Å². The molecule has 2 aromatic rings. The third kappa shape index (κ3) is 4.06.